The van der Waals surface area contributed by atoms with Gasteiger partial charge in [-0.15, -0.1) is 0 Å². The third-order valence-electron chi connectivity index (χ3n) is 9.71. The summed E-state index contributed by atoms with van der Waals surface area (Å²) in [5.41, 5.74) is 10.7. The molecule has 0 amide bonds. The normalized spacial score (nSPS) is 15.9. The summed E-state index contributed by atoms with van der Waals surface area (Å²) in [6.07, 6.45) is 1.16. The van der Waals surface area contributed by atoms with E-state index in [1.54, 1.807) is 0 Å². The number of benzene rings is 7. The number of hydrogen-bond donors (Lipinski definition) is 1. The highest BCUT2D eigenvalue weighted by atomic mass is 16.5. The summed E-state index contributed by atoms with van der Waals surface area (Å²) in [4.78, 5) is 4.36. The van der Waals surface area contributed by atoms with E-state index in [4.69, 9.17) is 9.15 Å². The van der Waals surface area contributed by atoms with Crippen LogP contribution in [0, 0.1) is 0 Å². The molecule has 1 atom stereocenters. The fourth-order valence-electron chi connectivity index (χ4n) is 7.69. The zero-order valence-corrected chi connectivity index (χ0v) is 24.2. The van der Waals surface area contributed by atoms with E-state index >= 15 is 0 Å². The van der Waals surface area contributed by atoms with Crippen LogP contribution >= 0.6 is 0 Å². The predicted molar refractivity (Wildman–Crippen MR) is 180 cm³/mol. The molecule has 4 heteroatoms. The maximum Gasteiger partial charge on any atom is 0.196 e. The summed E-state index contributed by atoms with van der Waals surface area (Å²) in [6.45, 7) is 0. The van der Waals surface area contributed by atoms with Crippen molar-refractivity contribution in [2.75, 3.05) is 5.32 Å². The standard InChI is InChI=1S/C41H26N2O2/c1-2-8-26-22-30(17-15-25(26)7-1)41(34-11-5-3-9-32(34)33-10-4-6-12-35(33)41)31-18-16-27-21-29(14-13-28(27)23-31)40-43-36-19-20-37-38(39(36)45-40)42-24-44-37/h1-24,40,43H. The van der Waals surface area contributed by atoms with Crippen LogP contribution < -0.4 is 10.1 Å². The number of ether oxygens (including phenoxy) is 1. The van der Waals surface area contributed by atoms with Gasteiger partial charge in [-0.05, 0) is 85.3 Å². The molecular weight excluding hydrogens is 552 g/mol. The zero-order chi connectivity index (χ0) is 29.5. The first-order valence-corrected chi connectivity index (χ1v) is 15.3. The maximum atomic E-state index is 6.37. The molecule has 8 aromatic rings. The number of aromatic nitrogens is 1. The number of fused-ring (bicyclic) bond motifs is 8. The quantitative estimate of drug-likeness (QED) is 0.227. The van der Waals surface area contributed by atoms with Gasteiger partial charge in [-0.3, -0.25) is 0 Å². The van der Waals surface area contributed by atoms with Gasteiger partial charge in [0.25, 0.3) is 0 Å². The van der Waals surface area contributed by atoms with Crippen molar-refractivity contribution in [3.05, 3.63) is 174 Å². The van der Waals surface area contributed by atoms with Crippen LogP contribution in [-0.2, 0) is 5.41 Å². The summed E-state index contributed by atoms with van der Waals surface area (Å²) in [5.74, 6) is 0.734. The fraction of sp³-hybridized carbons (Fsp3) is 0.0488. The topological polar surface area (TPSA) is 47.3 Å². The molecule has 7 aromatic carbocycles. The van der Waals surface area contributed by atoms with Crippen LogP contribution in [0.1, 0.15) is 34.0 Å². The van der Waals surface area contributed by atoms with Crippen molar-refractivity contribution in [3.8, 4) is 16.9 Å². The zero-order valence-electron chi connectivity index (χ0n) is 24.2. The van der Waals surface area contributed by atoms with Crippen molar-refractivity contribution in [2.45, 2.75) is 11.6 Å². The van der Waals surface area contributed by atoms with Crippen LogP contribution in [0.5, 0.6) is 5.75 Å². The fourth-order valence-corrected chi connectivity index (χ4v) is 7.69. The molecule has 2 heterocycles. The van der Waals surface area contributed by atoms with Crippen LogP contribution in [0.3, 0.4) is 0 Å². The minimum absolute atomic E-state index is 0.302. The lowest BCUT2D eigenvalue weighted by Crippen LogP contribution is -2.28. The van der Waals surface area contributed by atoms with E-state index in [-0.39, 0.29) is 6.23 Å². The lowest BCUT2D eigenvalue weighted by Gasteiger charge is -2.34. The predicted octanol–water partition coefficient (Wildman–Crippen LogP) is 10.0. The molecular formula is C41H26N2O2. The first-order chi connectivity index (χ1) is 22.3. The Morgan fingerprint density at radius 3 is 1.98 bits per heavy atom. The van der Waals surface area contributed by atoms with Gasteiger partial charge >= 0.3 is 0 Å². The Labute approximate surface area is 259 Å². The molecule has 212 valence electrons. The van der Waals surface area contributed by atoms with E-state index in [2.05, 4.69) is 138 Å². The Morgan fingerprint density at radius 1 is 0.578 bits per heavy atom. The number of anilines is 1. The van der Waals surface area contributed by atoms with E-state index < -0.39 is 5.41 Å². The lowest BCUT2D eigenvalue weighted by molar-refractivity contribution is 0.262. The Hall–Kier alpha value is -5.87. The van der Waals surface area contributed by atoms with Gasteiger partial charge in [-0.2, -0.15) is 0 Å². The maximum absolute atomic E-state index is 6.37. The highest BCUT2D eigenvalue weighted by Gasteiger charge is 2.46. The highest BCUT2D eigenvalue weighted by molar-refractivity contribution is 5.92. The van der Waals surface area contributed by atoms with Crippen LogP contribution in [0.4, 0.5) is 5.69 Å². The first-order valence-electron chi connectivity index (χ1n) is 15.3. The van der Waals surface area contributed by atoms with Crippen LogP contribution in [-0.4, -0.2) is 4.98 Å². The van der Waals surface area contributed by atoms with E-state index in [9.17, 15) is 0 Å². The average Bonchev–Trinajstić information content (AvgIpc) is 3.83. The van der Waals surface area contributed by atoms with Crippen molar-refractivity contribution in [2.24, 2.45) is 0 Å². The molecule has 45 heavy (non-hydrogen) atoms. The second-order valence-electron chi connectivity index (χ2n) is 12.0. The highest BCUT2D eigenvalue weighted by Crippen LogP contribution is 2.56. The second kappa shape index (κ2) is 9.07. The SMILES string of the molecule is c1ccc2c(c1)-c1ccccc1C2(c1ccc2ccccc2c1)c1ccc2cc(C3Nc4ccc5ocnc5c4O3)ccc2c1. The summed E-state index contributed by atoms with van der Waals surface area (Å²) >= 11 is 0. The van der Waals surface area contributed by atoms with Crippen molar-refractivity contribution < 1.29 is 9.15 Å². The molecule has 0 spiro atoms. The molecule has 10 rings (SSSR count). The van der Waals surface area contributed by atoms with Gasteiger partial charge in [-0.25, -0.2) is 4.98 Å². The Kier molecular flexibility index (Phi) is 4.95. The molecule has 1 N–H and O–H groups in total. The van der Waals surface area contributed by atoms with Gasteiger partial charge < -0.3 is 14.5 Å². The Bertz CT molecular complexity index is 2430. The van der Waals surface area contributed by atoms with Gasteiger partial charge in [-0.1, -0.05) is 109 Å². The van der Waals surface area contributed by atoms with Gasteiger partial charge in [0, 0.05) is 5.56 Å². The smallest absolute Gasteiger partial charge is 0.196 e. The molecule has 0 bridgehead atoms. The summed E-state index contributed by atoms with van der Waals surface area (Å²) in [6, 6.07) is 50.9. The summed E-state index contributed by atoms with van der Waals surface area (Å²) < 4.78 is 11.9. The lowest BCUT2D eigenvalue weighted by atomic mass is 9.67. The van der Waals surface area contributed by atoms with Gasteiger partial charge in [0.2, 0.25) is 0 Å². The van der Waals surface area contributed by atoms with Crippen LogP contribution in [0.2, 0.25) is 0 Å². The molecule has 0 saturated heterocycles. The summed E-state index contributed by atoms with van der Waals surface area (Å²) in [7, 11) is 0. The van der Waals surface area contributed by atoms with Gasteiger partial charge in [0.1, 0.15) is 0 Å². The number of nitrogens with zero attached hydrogens (tertiary/aromatic N) is 1. The number of rotatable bonds is 3. The minimum Gasteiger partial charge on any atom is -0.462 e. The minimum atomic E-state index is -0.454. The molecule has 1 aromatic heterocycles. The second-order valence-corrected chi connectivity index (χ2v) is 12.0. The van der Waals surface area contributed by atoms with Gasteiger partial charge in [0.15, 0.2) is 29.5 Å². The van der Waals surface area contributed by atoms with Crippen LogP contribution in [0.15, 0.2) is 150 Å². The third-order valence-corrected chi connectivity index (χ3v) is 9.71. The molecule has 0 fully saturated rings. The number of oxazole rings is 1. The number of hydrogen-bond acceptors (Lipinski definition) is 4. The van der Waals surface area contributed by atoms with Crippen molar-refractivity contribution in [1.82, 2.24) is 4.98 Å². The third kappa shape index (κ3) is 3.39. The van der Waals surface area contributed by atoms with E-state index in [0.717, 1.165) is 33.5 Å². The molecule has 1 aliphatic carbocycles. The van der Waals surface area contributed by atoms with E-state index in [0.29, 0.717) is 0 Å². The Balaban J connectivity index is 1.14. The number of nitrogens with one attached hydrogen (secondary N) is 1. The molecule has 0 saturated carbocycles. The average molecular weight is 579 g/mol. The van der Waals surface area contributed by atoms with Crippen molar-refractivity contribution >= 4 is 38.3 Å². The summed E-state index contributed by atoms with van der Waals surface area (Å²) in [5, 5.41) is 8.36. The molecule has 4 nitrogen and oxygen atoms in total. The first kappa shape index (κ1) is 24.6. The largest absolute Gasteiger partial charge is 0.462 e. The Morgan fingerprint density at radius 2 is 1.20 bits per heavy atom. The van der Waals surface area contributed by atoms with Crippen molar-refractivity contribution in [3.63, 3.8) is 0 Å². The molecule has 1 unspecified atom stereocenters. The van der Waals surface area contributed by atoms with E-state index in [1.165, 1.54) is 55.9 Å². The monoisotopic (exact) mass is 578 g/mol. The molecule has 0 radical (unpaired) electrons. The molecule has 2 aliphatic rings. The molecule has 1 aliphatic heterocycles. The van der Waals surface area contributed by atoms with Gasteiger partial charge in [0.05, 0.1) is 11.1 Å². The van der Waals surface area contributed by atoms with Crippen LogP contribution in [0.25, 0.3) is 43.8 Å². The van der Waals surface area contributed by atoms with Crippen molar-refractivity contribution in [1.29, 1.82) is 0 Å². The van der Waals surface area contributed by atoms with E-state index in [1.807, 2.05) is 12.1 Å².